The van der Waals surface area contributed by atoms with Gasteiger partial charge >= 0.3 is 5.97 Å². The van der Waals surface area contributed by atoms with Crippen molar-refractivity contribution in [2.75, 3.05) is 13.7 Å². The average Bonchev–Trinajstić information content (AvgIpc) is 3.17. The first kappa shape index (κ1) is 31.2. The van der Waals surface area contributed by atoms with Crippen molar-refractivity contribution in [2.45, 2.75) is 68.7 Å². The molecule has 0 bridgehead atoms. The highest BCUT2D eigenvalue weighted by Crippen LogP contribution is 2.19. The number of carbonyl (C=O) groups is 1. The van der Waals surface area contributed by atoms with E-state index < -0.39 is 5.97 Å². The Labute approximate surface area is 194 Å². The van der Waals surface area contributed by atoms with Gasteiger partial charge in [0.1, 0.15) is 11.5 Å². The van der Waals surface area contributed by atoms with Crippen LogP contribution in [0.2, 0.25) is 0 Å². The normalized spacial score (nSPS) is 10.4. The van der Waals surface area contributed by atoms with Crippen molar-refractivity contribution in [3.63, 3.8) is 0 Å². The van der Waals surface area contributed by atoms with Gasteiger partial charge in [0.05, 0.1) is 19.5 Å². The van der Waals surface area contributed by atoms with E-state index in [1.54, 1.807) is 14.0 Å². The second-order valence-electron chi connectivity index (χ2n) is 6.15. The number of carboxylic acids is 1. The number of aryl methyl sites for hydroxylation is 2. The van der Waals surface area contributed by atoms with E-state index in [0.29, 0.717) is 12.4 Å². The topological polar surface area (TPSA) is 68.9 Å². The number of furan rings is 1. The molecule has 0 saturated carbocycles. The van der Waals surface area contributed by atoms with Gasteiger partial charge in [-0.3, -0.25) is 0 Å². The summed E-state index contributed by atoms with van der Waals surface area (Å²) in [7, 11) is 1.70. The molecule has 5 heteroatoms. The van der Waals surface area contributed by atoms with Gasteiger partial charge in [-0.2, -0.15) is 0 Å². The Balaban J connectivity index is 0. The van der Waals surface area contributed by atoms with E-state index in [0.717, 1.165) is 23.5 Å². The summed E-state index contributed by atoms with van der Waals surface area (Å²) in [5.41, 5.74) is 3.28. The van der Waals surface area contributed by atoms with Gasteiger partial charge in [-0.15, -0.1) is 0 Å². The molecule has 180 valence electrons. The van der Waals surface area contributed by atoms with Crippen LogP contribution >= 0.6 is 0 Å². The Morgan fingerprint density at radius 2 is 1.59 bits per heavy atom. The summed E-state index contributed by atoms with van der Waals surface area (Å²) >= 11 is 0. The zero-order valence-corrected chi connectivity index (χ0v) is 21.5. The van der Waals surface area contributed by atoms with Crippen LogP contribution < -0.4 is 4.74 Å². The van der Waals surface area contributed by atoms with Gasteiger partial charge < -0.3 is 19.0 Å². The van der Waals surface area contributed by atoms with Gasteiger partial charge in [-0.05, 0) is 68.7 Å². The summed E-state index contributed by atoms with van der Waals surface area (Å²) in [5, 5.41) is 8.43. The highest BCUT2D eigenvalue weighted by atomic mass is 16.5. The molecule has 1 aromatic heterocycles. The number of rotatable bonds is 7. The maximum absolute atomic E-state index is 10.3. The molecule has 0 spiro atoms. The van der Waals surface area contributed by atoms with Crippen molar-refractivity contribution in [1.82, 2.24) is 0 Å². The van der Waals surface area contributed by atoms with Crippen LogP contribution in [-0.2, 0) is 4.74 Å². The van der Waals surface area contributed by atoms with Crippen molar-refractivity contribution in [2.24, 2.45) is 0 Å². The fraction of sp³-hybridized carbons (Fsp3) is 0.444. The molecule has 0 aliphatic rings. The molecule has 0 aliphatic heterocycles. The lowest BCUT2D eigenvalue weighted by molar-refractivity contribution is 0.0661. The van der Waals surface area contributed by atoms with E-state index in [-0.39, 0.29) is 5.76 Å². The number of aromatic carboxylic acids is 1. The van der Waals surface area contributed by atoms with Crippen LogP contribution in [0.1, 0.15) is 82.3 Å². The minimum atomic E-state index is -1.02. The second-order valence-corrected chi connectivity index (χ2v) is 6.15. The fourth-order valence-electron chi connectivity index (χ4n) is 2.30. The number of methoxy groups -OCH3 is 1. The van der Waals surface area contributed by atoms with E-state index in [4.69, 9.17) is 19.0 Å². The smallest absolute Gasteiger partial charge is 0.371 e. The summed E-state index contributed by atoms with van der Waals surface area (Å²) in [4.78, 5) is 10.3. The van der Waals surface area contributed by atoms with E-state index in [1.165, 1.54) is 17.2 Å². The van der Waals surface area contributed by atoms with E-state index in [9.17, 15) is 4.79 Å². The molecule has 32 heavy (non-hydrogen) atoms. The molecule has 1 heterocycles. The Bertz CT molecular complexity index is 786. The molecule has 0 amide bonds. The summed E-state index contributed by atoms with van der Waals surface area (Å²) in [6.45, 7) is 18.4. The Hall–Kier alpha value is -2.95. The lowest BCUT2D eigenvalue weighted by Gasteiger charge is -2.05. The molecule has 0 atom stereocenters. The van der Waals surface area contributed by atoms with E-state index >= 15 is 0 Å². The van der Waals surface area contributed by atoms with E-state index in [1.807, 2.05) is 59.8 Å². The predicted octanol–water partition coefficient (Wildman–Crippen LogP) is 8.08. The number of ether oxygens (including phenoxy) is 2. The van der Waals surface area contributed by atoms with Gasteiger partial charge in [0.15, 0.2) is 0 Å². The third-order valence-electron chi connectivity index (χ3n) is 4.13. The highest BCUT2D eigenvalue weighted by Gasteiger charge is 2.09. The summed E-state index contributed by atoms with van der Waals surface area (Å²) in [6, 6.07) is 9.65. The first-order valence-corrected chi connectivity index (χ1v) is 11.3. The van der Waals surface area contributed by atoms with Crippen molar-refractivity contribution in [1.29, 1.82) is 0 Å². The Morgan fingerprint density at radius 3 is 1.94 bits per heavy atom. The third kappa shape index (κ3) is 12.0. The number of hydrogen-bond acceptors (Lipinski definition) is 4. The zero-order chi connectivity index (χ0) is 25.1. The molecule has 1 aromatic carbocycles. The minimum absolute atomic E-state index is 0.00926. The van der Waals surface area contributed by atoms with Gasteiger partial charge in [0, 0.05) is 6.42 Å². The molecule has 0 fully saturated rings. The van der Waals surface area contributed by atoms with Gasteiger partial charge in [0.2, 0.25) is 5.76 Å². The van der Waals surface area contributed by atoms with E-state index in [2.05, 4.69) is 32.1 Å². The molecule has 5 nitrogen and oxygen atoms in total. The summed E-state index contributed by atoms with van der Waals surface area (Å²) in [5.74, 6) is 1.56. The van der Waals surface area contributed by atoms with Gasteiger partial charge in [0.25, 0.3) is 0 Å². The van der Waals surface area contributed by atoms with Crippen LogP contribution in [0.4, 0.5) is 0 Å². The van der Waals surface area contributed by atoms with Crippen molar-refractivity contribution in [3.8, 4) is 5.75 Å². The zero-order valence-electron chi connectivity index (χ0n) is 21.5. The van der Waals surface area contributed by atoms with Crippen LogP contribution in [0, 0.1) is 13.8 Å². The molecule has 0 unspecified atom stereocenters. The van der Waals surface area contributed by atoms with Crippen molar-refractivity contribution in [3.05, 3.63) is 70.9 Å². The molecule has 1 N–H and O–H groups in total. The van der Waals surface area contributed by atoms with Crippen molar-refractivity contribution < 1.29 is 23.8 Å². The van der Waals surface area contributed by atoms with Gasteiger partial charge in [-0.1, -0.05) is 52.8 Å². The number of benzene rings is 1. The average molecular weight is 447 g/mol. The molecule has 0 saturated heterocycles. The molecular formula is C27H42O5. The third-order valence-corrected chi connectivity index (χ3v) is 4.13. The van der Waals surface area contributed by atoms with Gasteiger partial charge in [-0.25, -0.2) is 4.79 Å². The van der Waals surface area contributed by atoms with Crippen LogP contribution in [0.5, 0.6) is 5.75 Å². The first-order chi connectivity index (χ1) is 15.3. The Kier molecular flexibility index (Phi) is 18.3. The lowest BCUT2D eigenvalue weighted by atomic mass is 10.1. The number of allylic oxidation sites excluding steroid dienone is 4. The molecule has 0 radical (unpaired) electrons. The predicted molar refractivity (Wildman–Crippen MR) is 134 cm³/mol. The lowest BCUT2D eigenvalue weighted by Crippen LogP contribution is -1.91. The quantitative estimate of drug-likeness (QED) is 0.344. The van der Waals surface area contributed by atoms with Crippen LogP contribution in [0.3, 0.4) is 0 Å². The maximum atomic E-state index is 10.3. The van der Waals surface area contributed by atoms with Crippen LogP contribution in [0.15, 0.2) is 52.7 Å². The molecule has 2 rings (SSSR count). The molecule has 2 aromatic rings. The minimum Gasteiger partial charge on any atom is -0.501 e. The summed E-state index contributed by atoms with van der Waals surface area (Å²) in [6.07, 6.45) is 5.01. The molecular weight excluding hydrogens is 404 g/mol. The monoisotopic (exact) mass is 446 g/mol. The number of carboxylic acid groups (broad SMARTS) is 1. The standard InChI is InChI=1S/C16H22O2.C7H8O3.2C2H6/c1-5-15(17-4)10-7-13(3)14-8-11-16(12-9-14)18-6-2;1-4-3-6(7(8)9)10-5(4)2;2*1-2/h7-12H,5-6H2,1-4H3;3H,1-2H3,(H,8,9);2*1-2H3/b13-7+,15-10+;;;. The highest BCUT2D eigenvalue weighted by molar-refractivity contribution is 5.84. The first-order valence-electron chi connectivity index (χ1n) is 11.3. The summed E-state index contributed by atoms with van der Waals surface area (Å²) < 4.78 is 15.5. The largest absolute Gasteiger partial charge is 0.501 e. The second kappa shape index (κ2) is 18.8. The maximum Gasteiger partial charge on any atom is 0.371 e. The number of hydrogen-bond donors (Lipinski definition) is 1. The van der Waals surface area contributed by atoms with Crippen LogP contribution in [0.25, 0.3) is 5.57 Å². The van der Waals surface area contributed by atoms with Crippen LogP contribution in [-0.4, -0.2) is 24.8 Å². The SMILES string of the molecule is CC.CC.CCOc1ccc(/C(C)=C/C=C(\CC)OC)cc1.Cc1cc(C(=O)O)oc1C. The fourth-order valence-corrected chi connectivity index (χ4v) is 2.30. The van der Waals surface area contributed by atoms with Crippen molar-refractivity contribution >= 4 is 11.5 Å². The Morgan fingerprint density at radius 1 is 1.03 bits per heavy atom. The molecule has 0 aliphatic carbocycles.